The number of aromatic amines is 1. The Balaban J connectivity index is 1.40. The molecule has 1 saturated heterocycles. The van der Waals surface area contributed by atoms with Gasteiger partial charge in [0.05, 0.1) is 13.0 Å². The molecule has 4 rings (SSSR count). The second-order valence-electron chi connectivity index (χ2n) is 6.09. The first-order chi connectivity index (χ1) is 12.1. The second kappa shape index (κ2) is 6.26. The van der Waals surface area contributed by atoms with Gasteiger partial charge in [-0.25, -0.2) is 0 Å². The molecule has 0 bridgehead atoms. The number of hydrogen-bond donors (Lipinski definition) is 2. The first-order valence-electron chi connectivity index (χ1n) is 8.03. The molecule has 0 saturated carbocycles. The number of rotatable bonds is 4. The fourth-order valence-electron chi connectivity index (χ4n) is 3.09. The molecule has 2 heterocycles. The van der Waals surface area contributed by atoms with Crippen LogP contribution in [0.25, 0.3) is 10.9 Å². The summed E-state index contributed by atoms with van der Waals surface area (Å²) in [7, 11) is 0. The van der Waals surface area contributed by atoms with Crippen molar-refractivity contribution in [1.82, 2.24) is 10.3 Å². The molecule has 0 aliphatic carbocycles. The number of hydrogen-bond acceptors (Lipinski definition) is 2. The number of β-lactam (4-membered cyclic amide) rings is 1. The Labute approximate surface area is 149 Å². The van der Waals surface area contributed by atoms with E-state index in [4.69, 9.17) is 11.6 Å². The largest absolute Gasteiger partial charge is 0.361 e. The molecule has 2 N–H and O–H groups in total. The number of aromatic nitrogens is 1. The van der Waals surface area contributed by atoms with Crippen LogP contribution in [0.5, 0.6) is 0 Å². The maximum Gasteiger partial charge on any atom is 0.251 e. The smallest absolute Gasteiger partial charge is 0.251 e. The predicted molar refractivity (Wildman–Crippen MR) is 97.7 cm³/mol. The molecule has 3 aromatic rings. The zero-order chi connectivity index (χ0) is 17.4. The molecule has 25 heavy (non-hydrogen) atoms. The van der Waals surface area contributed by atoms with E-state index in [1.807, 2.05) is 42.5 Å². The van der Waals surface area contributed by atoms with Crippen molar-refractivity contribution in [3.8, 4) is 0 Å². The highest BCUT2D eigenvalue weighted by atomic mass is 35.5. The van der Waals surface area contributed by atoms with Crippen LogP contribution < -0.4 is 10.2 Å². The van der Waals surface area contributed by atoms with E-state index in [0.717, 1.165) is 22.2 Å². The number of nitrogens with zero attached hydrogens (tertiary/aromatic N) is 1. The van der Waals surface area contributed by atoms with Gasteiger partial charge in [-0.1, -0.05) is 29.8 Å². The van der Waals surface area contributed by atoms with E-state index in [-0.39, 0.29) is 18.2 Å². The molecule has 1 aromatic heterocycles. The number of nitrogens with one attached hydrogen (secondary N) is 2. The number of fused-ring (bicyclic) bond motifs is 1. The van der Waals surface area contributed by atoms with E-state index in [0.29, 0.717) is 11.6 Å². The lowest BCUT2D eigenvalue weighted by Crippen LogP contribution is -2.64. The van der Waals surface area contributed by atoms with Gasteiger partial charge in [-0.05, 0) is 35.9 Å². The van der Waals surface area contributed by atoms with Crippen LogP contribution in [0.1, 0.15) is 5.56 Å². The van der Waals surface area contributed by atoms with Crippen molar-refractivity contribution in [3.05, 3.63) is 65.3 Å². The first kappa shape index (κ1) is 15.7. The van der Waals surface area contributed by atoms with Crippen LogP contribution in [0.15, 0.2) is 54.7 Å². The average molecular weight is 354 g/mol. The minimum atomic E-state index is -0.457. The van der Waals surface area contributed by atoms with Gasteiger partial charge in [0.15, 0.2) is 0 Å². The number of benzene rings is 2. The summed E-state index contributed by atoms with van der Waals surface area (Å²) >= 11 is 6.03. The zero-order valence-electron chi connectivity index (χ0n) is 13.3. The summed E-state index contributed by atoms with van der Waals surface area (Å²) in [5, 5.41) is 4.36. The summed E-state index contributed by atoms with van der Waals surface area (Å²) in [6.45, 7) is 0.494. The minimum absolute atomic E-state index is 0.0819. The number of carbonyl (C=O) groups excluding carboxylic acids is 2. The normalized spacial score (nSPS) is 16.8. The maximum atomic E-state index is 12.3. The van der Waals surface area contributed by atoms with Crippen molar-refractivity contribution >= 4 is 40.0 Å². The summed E-state index contributed by atoms with van der Waals surface area (Å²) < 4.78 is 0. The minimum Gasteiger partial charge on any atom is -0.361 e. The molecular weight excluding hydrogens is 338 g/mol. The van der Waals surface area contributed by atoms with Crippen LogP contribution >= 0.6 is 11.6 Å². The van der Waals surface area contributed by atoms with Crippen molar-refractivity contribution in [3.63, 3.8) is 0 Å². The van der Waals surface area contributed by atoms with Gasteiger partial charge in [0, 0.05) is 27.8 Å². The van der Waals surface area contributed by atoms with Crippen LogP contribution in [-0.2, 0) is 16.0 Å². The van der Waals surface area contributed by atoms with Crippen molar-refractivity contribution in [2.75, 3.05) is 11.4 Å². The highest BCUT2D eigenvalue weighted by Gasteiger charge is 2.38. The Morgan fingerprint density at radius 2 is 2.04 bits per heavy atom. The molecular formula is C19H16ClN3O2. The van der Waals surface area contributed by atoms with Gasteiger partial charge in [-0.2, -0.15) is 0 Å². The molecule has 5 nitrogen and oxygen atoms in total. The molecule has 1 aliphatic rings. The third-order valence-electron chi connectivity index (χ3n) is 4.41. The van der Waals surface area contributed by atoms with Gasteiger partial charge >= 0.3 is 0 Å². The van der Waals surface area contributed by atoms with Crippen LogP contribution in [0, 0.1) is 0 Å². The quantitative estimate of drug-likeness (QED) is 0.708. The summed E-state index contributed by atoms with van der Waals surface area (Å²) in [4.78, 5) is 29.3. The summed E-state index contributed by atoms with van der Waals surface area (Å²) in [6, 6.07) is 14.5. The Hall–Kier alpha value is -2.79. The van der Waals surface area contributed by atoms with Crippen molar-refractivity contribution < 1.29 is 9.59 Å². The molecule has 0 spiro atoms. The maximum absolute atomic E-state index is 12.3. The molecule has 0 radical (unpaired) electrons. The van der Waals surface area contributed by atoms with Crippen molar-refractivity contribution in [1.29, 1.82) is 0 Å². The summed E-state index contributed by atoms with van der Waals surface area (Å²) in [5.74, 6) is -0.256. The fraction of sp³-hybridized carbons (Fsp3) is 0.158. The Morgan fingerprint density at radius 3 is 2.80 bits per heavy atom. The molecule has 126 valence electrons. The van der Waals surface area contributed by atoms with Gasteiger partial charge in [-0.15, -0.1) is 0 Å². The highest BCUT2D eigenvalue weighted by molar-refractivity contribution is 6.31. The summed E-state index contributed by atoms with van der Waals surface area (Å²) in [6.07, 6.45) is 2.01. The number of para-hydroxylation sites is 1. The monoisotopic (exact) mass is 353 g/mol. The van der Waals surface area contributed by atoms with Crippen LogP contribution in [0.2, 0.25) is 5.02 Å². The number of amides is 2. The van der Waals surface area contributed by atoms with Crippen LogP contribution in [-0.4, -0.2) is 29.4 Å². The fourth-order valence-corrected chi connectivity index (χ4v) is 3.26. The van der Waals surface area contributed by atoms with Gasteiger partial charge in [-0.3, -0.25) is 9.59 Å². The standard InChI is InChI=1S/C19H16ClN3O2/c20-13-6-7-16-15(9-13)12(10-21-16)8-18(24)22-17-11-23(19(17)25)14-4-2-1-3-5-14/h1-7,9-10,17,21H,8,11H2,(H,22,24). The molecule has 2 amide bonds. The van der Waals surface area contributed by atoms with Crippen LogP contribution in [0.3, 0.4) is 0 Å². The highest BCUT2D eigenvalue weighted by Crippen LogP contribution is 2.24. The molecule has 1 aliphatic heterocycles. The third kappa shape index (κ3) is 2.98. The van der Waals surface area contributed by atoms with E-state index in [1.54, 1.807) is 17.2 Å². The van der Waals surface area contributed by atoms with E-state index in [1.165, 1.54) is 0 Å². The predicted octanol–water partition coefficient (Wildman–Crippen LogP) is 2.90. The van der Waals surface area contributed by atoms with E-state index >= 15 is 0 Å². The van der Waals surface area contributed by atoms with Crippen molar-refractivity contribution in [2.45, 2.75) is 12.5 Å². The molecule has 2 aromatic carbocycles. The first-order valence-corrected chi connectivity index (χ1v) is 8.41. The Bertz CT molecular complexity index is 952. The lowest BCUT2D eigenvalue weighted by atomic mass is 10.0. The van der Waals surface area contributed by atoms with Crippen molar-refractivity contribution in [2.24, 2.45) is 0 Å². The Morgan fingerprint density at radius 1 is 1.24 bits per heavy atom. The molecule has 6 heteroatoms. The zero-order valence-corrected chi connectivity index (χ0v) is 14.1. The number of carbonyl (C=O) groups is 2. The van der Waals surface area contributed by atoms with E-state index in [9.17, 15) is 9.59 Å². The van der Waals surface area contributed by atoms with Crippen LogP contribution in [0.4, 0.5) is 5.69 Å². The lowest BCUT2D eigenvalue weighted by Gasteiger charge is -2.38. The second-order valence-corrected chi connectivity index (χ2v) is 6.52. The van der Waals surface area contributed by atoms with Gasteiger partial charge in [0.1, 0.15) is 6.04 Å². The lowest BCUT2D eigenvalue weighted by molar-refractivity contribution is -0.130. The number of anilines is 1. The number of halogens is 1. The number of H-pyrrole nitrogens is 1. The van der Waals surface area contributed by atoms with E-state index < -0.39 is 6.04 Å². The third-order valence-corrected chi connectivity index (χ3v) is 4.65. The molecule has 1 fully saturated rings. The average Bonchev–Trinajstić information content (AvgIpc) is 3.00. The SMILES string of the molecule is O=C(Cc1c[nH]c2ccc(Cl)cc12)NC1CN(c2ccccc2)C1=O. The van der Waals surface area contributed by atoms with Gasteiger partial charge in [0.25, 0.3) is 5.91 Å². The van der Waals surface area contributed by atoms with Gasteiger partial charge < -0.3 is 15.2 Å². The van der Waals surface area contributed by atoms with Gasteiger partial charge in [0.2, 0.25) is 5.91 Å². The topological polar surface area (TPSA) is 65.2 Å². The molecule has 1 unspecified atom stereocenters. The van der Waals surface area contributed by atoms with E-state index in [2.05, 4.69) is 10.3 Å². The molecule has 1 atom stereocenters. The Kier molecular flexibility index (Phi) is 3.93. The summed E-state index contributed by atoms with van der Waals surface area (Å²) in [5.41, 5.74) is 2.65.